The third kappa shape index (κ3) is 6.12. The van der Waals surface area contributed by atoms with E-state index in [1.165, 1.54) is 0 Å². The molecule has 1 heterocycles. The molecular weight excluding hydrogens is 342 g/mol. The van der Waals surface area contributed by atoms with Crippen molar-refractivity contribution >= 4 is 29.3 Å². The number of aryl methyl sites for hydroxylation is 1. The highest BCUT2D eigenvalue weighted by atomic mass is 35.5. The average Bonchev–Trinajstić information content (AvgIpc) is 2.57. The Morgan fingerprint density at radius 3 is 2.68 bits per heavy atom. The van der Waals surface area contributed by atoms with Crippen LogP contribution in [0.4, 0.5) is 10.5 Å². The van der Waals surface area contributed by atoms with Gasteiger partial charge in [-0.25, -0.2) is 4.79 Å². The summed E-state index contributed by atoms with van der Waals surface area (Å²) in [6.07, 6.45) is 1.65. The lowest BCUT2D eigenvalue weighted by atomic mass is 10.1. The van der Waals surface area contributed by atoms with E-state index >= 15 is 0 Å². The molecule has 1 saturated heterocycles. The molecule has 1 fully saturated rings. The Kier molecular flexibility index (Phi) is 7.37. The van der Waals surface area contributed by atoms with Gasteiger partial charge < -0.3 is 20.3 Å². The van der Waals surface area contributed by atoms with Crippen LogP contribution < -0.4 is 10.6 Å². The first-order valence-corrected chi connectivity index (χ1v) is 9.08. The van der Waals surface area contributed by atoms with Gasteiger partial charge in [-0.1, -0.05) is 11.6 Å². The van der Waals surface area contributed by atoms with Gasteiger partial charge in [0, 0.05) is 42.8 Å². The molecule has 6 nitrogen and oxygen atoms in total. The smallest absolute Gasteiger partial charge is 0.409 e. The zero-order valence-corrected chi connectivity index (χ0v) is 15.6. The number of ether oxygens (including phenoxy) is 1. The molecule has 138 valence electrons. The van der Waals surface area contributed by atoms with E-state index < -0.39 is 0 Å². The summed E-state index contributed by atoms with van der Waals surface area (Å²) in [4.78, 5) is 25.4. The van der Waals surface area contributed by atoms with Crippen LogP contribution in [-0.4, -0.2) is 49.2 Å². The molecule has 25 heavy (non-hydrogen) atoms. The lowest BCUT2D eigenvalue weighted by molar-refractivity contribution is -0.121. The minimum atomic E-state index is -0.269. The highest BCUT2D eigenvalue weighted by molar-refractivity contribution is 6.30. The van der Waals surface area contributed by atoms with Gasteiger partial charge in [0.15, 0.2) is 0 Å². The van der Waals surface area contributed by atoms with Crippen LogP contribution >= 0.6 is 11.6 Å². The SMILES string of the molecule is CCOC(=O)N1CCC(NC(=O)CCNc2ccc(Cl)cc2C)CC1. The van der Waals surface area contributed by atoms with Crippen LogP contribution in [0, 0.1) is 6.92 Å². The number of halogens is 1. The fourth-order valence-corrected chi connectivity index (χ4v) is 3.08. The molecule has 0 aliphatic carbocycles. The Labute approximate surface area is 153 Å². The number of amides is 2. The molecule has 0 saturated carbocycles. The Hall–Kier alpha value is -1.95. The second-order valence-electron chi connectivity index (χ2n) is 6.16. The van der Waals surface area contributed by atoms with Gasteiger partial charge in [-0.2, -0.15) is 0 Å². The van der Waals surface area contributed by atoms with Crippen LogP contribution in [0.5, 0.6) is 0 Å². The molecule has 0 radical (unpaired) electrons. The van der Waals surface area contributed by atoms with Crippen LogP contribution in [0.1, 0.15) is 31.7 Å². The minimum Gasteiger partial charge on any atom is -0.450 e. The number of hydrogen-bond donors (Lipinski definition) is 2. The Balaban J connectivity index is 1.67. The van der Waals surface area contributed by atoms with Gasteiger partial charge in [-0.3, -0.25) is 4.79 Å². The van der Waals surface area contributed by atoms with Crippen molar-refractivity contribution < 1.29 is 14.3 Å². The summed E-state index contributed by atoms with van der Waals surface area (Å²) in [5, 5.41) is 7.00. The first-order valence-electron chi connectivity index (χ1n) is 8.70. The lowest BCUT2D eigenvalue weighted by Gasteiger charge is -2.31. The highest BCUT2D eigenvalue weighted by Crippen LogP contribution is 2.19. The third-order valence-corrected chi connectivity index (χ3v) is 4.48. The van der Waals surface area contributed by atoms with Crippen LogP contribution in [0.3, 0.4) is 0 Å². The van der Waals surface area contributed by atoms with E-state index in [1.54, 1.807) is 11.8 Å². The van der Waals surface area contributed by atoms with Crippen LogP contribution in [-0.2, 0) is 9.53 Å². The molecule has 1 aromatic rings. The molecule has 0 bridgehead atoms. The Morgan fingerprint density at radius 2 is 2.04 bits per heavy atom. The zero-order chi connectivity index (χ0) is 18.2. The van der Waals surface area contributed by atoms with Gasteiger partial charge >= 0.3 is 6.09 Å². The predicted octanol–water partition coefficient (Wildman–Crippen LogP) is 3.19. The number of hydrogen-bond acceptors (Lipinski definition) is 4. The van der Waals surface area contributed by atoms with Crippen LogP contribution in [0.2, 0.25) is 5.02 Å². The van der Waals surface area contributed by atoms with Crippen LogP contribution in [0.25, 0.3) is 0 Å². The number of nitrogens with one attached hydrogen (secondary N) is 2. The van der Waals surface area contributed by atoms with Gasteiger partial charge in [0.1, 0.15) is 0 Å². The van der Waals surface area contributed by atoms with Gasteiger partial charge in [0.25, 0.3) is 0 Å². The van der Waals surface area contributed by atoms with Gasteiger partial charge in [0.2, 0.25) is 5.91 Å². The van der Waals surface area contributed by atoms with Gasteiger partial charge in [-0.05, 0) is 50.5 Å². The molecule has 7 heteroatoms. The van der Waals surface area contributed by atoms with Gasteiger partial charge in [0.05, 0.1) is 6.61 Å². The molecule has 2 N–H and O–H groups in total. The predicted molar refractivity (Wildman–Crippen MR) is 99.1 cm³/mol. The topological polar surface area (TPSA) is 70.7 Å². The van der Waals surface area contributed by atoms with Crippen molar-refractivity contribution in [1.82, 2.24) is 10.2 Å². The molecular formula is C18H26ClN3O3. The molecule has 1 aliphatic rings. The van der Waals surface area contributed by atoms with Crippen molar-refractivity contribution in [3.05, 3.63) is 28.8 Å². The molecule has 0 atom stereocenters. The number of nitrogens with zero attached hydrogens (tertiary/aromatic N) is 1. The van der Waals surface area contributed by atoms with E-state index in [0.717, 1.165) is 24.1 Å². The summed E-state index contributed by atoms with van der Waals surface area (Å²) >= 11 is 5.93. The molecule has 0 aromatic heterocycles. The quantitative estimate of drug-likeness (QED) is 0.810. The Morgan fingerprint density at radius 1 is 1.32 bits per heavy atom. The molecule has 2 rings (SSSR count). The normalized spacial score (nSPS) is 14.9. The number of likely N-dealkylation sites (tertiary alicyclic amines) is 1. The van der Waals surface area contributed by atoms with Crippen molar-refractivity contribution in [2.45, 2.75) is 39.2 Å². The molecule has 1 aliphatic heterocycles. The maximum atomic E-state index is 12.1. The van der Waals surface area contributed by atoms with Crippen LogP contribution in [0.15, 0.2) is 18.2 Å². The lowest BCUT2D eigenvalue weighted by Crippen LogP contribution is -2.46. The molecule has 1 aromatic carbocycles. The highest BCUT2D eigenvalue weighted by Gasteiger charge is 2.24. The maximum Gasteiger partial charge on any atom is 0.409 e. The maximum absolute atomic E-state index is 12.1. The minimum absolute atomic E-state index is 0.0219. The van der Waals surface area contributed by atoms with Gasteiger partial charge in [-0.15, -0.1) is 0 Å². The average molecular weight is 368 g/mol. The first kappa shape index (κ1) is 19.4. The van der Waals surface area contributed by atoms with E-state index in [1.807, 2.05) is 25.1 Å². The van der Waals surface area contributed by atoms with Crippen molar-refractivity contribution in [3.8, 4) is 0 Å². The standard InChI is InChI=1S/C18H26ClN3O3/c1-3-25-18(24)22-10-7-15(8-11-22)21-17(23)6-9-20-16-5-4-14(19)12-13(16)2/h4-5,12,15,20H,3,6-11H2,1-2H3,(H,21,23). The van der Waals surface area contributed by atoms with E-state index in [4.69, 9.17) is 16.3 Å². The summed E-state index contributed by atoms with van der Waals surface area (Å²) < 4.78 is 4.99. The van der Waals surface area contributed by atoms with Crippen molar-refractivity contribution in [2.24, 2.45) is 0 Å². The van der Waals surface area contributed by atoms with E-state index in [9.17, 15) is 9.59 Å². The monoisotopic (exact) mass is 367 g/mol. The van der Waals surface area contributed by atoms with E-state index in [2.05, 4.69) is 10.6 Å². The largest absolute Gasteiger partial charge is 0.450 e. The van der Waals surface area contributed by atoms with E-state index in [0.29, 0.717) is 37.7 Å². The molecule has 0 unspecified atom stereocenters. The molecule has 2 amide bonds. The summed E-state index contributed by atoms with van der Waals surface area (Å²) in [6, 6.07) is 5.76. The third-order valence-electron chi connectivity index (χ3n) is 4.24. The van der Waals surface area contributed by atoms with Crippen molar-refractivity contribution in [3.63, 3.8) is 0 Å². The number of benzene rings is 1. The number of rotatable bonds is 6. The van der Waals surface area contributed by atoms with Crippen molar-refractivity contribution in [1.29, 1.82) is 0 Å². The zero-order valence-electron chi connectivity index (χ0n) is 14.8. The summed E-state index contributed by atoms with van der Waals surface area (Å²) in [6.45, 7) is 5.96. The number of carbonyl (C=O) groups excluding carboxylic acids is 2. The summed E-state index contributed by atoms with van der Waals surface area (Å²) in [7, 11) is 0. The second-order valence-corrected chi connectivity index (χ2v) is 6.60. The number of anilines is 1. The van der Waals surface area contributed by atoms with E-state index in [-0.39, 0.29) is 18.0 Å². The Bertz CT molecular complexity index is 601. The summed E-state index contributed by atoms with van der Waals surface area (Å²) in [5.74, 6) is 0.0219. The number of piperidine rings is 1. The molecule has 0 spiro atoms. The fourth-order valence-electron chi connectivity index (χ4n) is 2.86. The summed E-state index contributed by atoms with van der Waals surface area (Å²) in [5.41, 5.74) is 2.04. The van der Waals surface area contributed by atoms with Crippen molar-refractivity contribution in [2.75, 3.05) is 31.6 Å². The second kappa shape index (κ2) is 9.51. The number of carbonyl (C=O) groups is 2. The fraction of sp³-hybridized carbons (Fsp3) is 0.556. The first-order chi connectivity index (χ1) is 12.0.